The van der Waals surface area contributed by atoms with Crippen LogP contribution in [0.4, 0.5) is 0 Å². The quantitative estimate of drug-likeness (QED) is 0.375. The van der Waals surface area contributed by atoms with Gasteiger partial charge in [-0.2, -0.15) is 0 Å². The number of aromatic amines is 1. The zero-order valence-electron chi connectivity index (χ0n) is 16.1. The summed E-state index contributed by atoms with van der Waals surface area (Å²) < 4.78 is 0. The van der Waals surface area contributed by atoms with Crippen LogP contribution in [0.2, 0.25) is 0 Å². The Labute approximate surface area is 176 Å². The lowest BCUT2D eigenvalue weighted by molar-refractivity contribution is 0.700. The van der Waals surface area contributed by atoms with Crippen LogP contribution in [0.3, 0.4) is 0 Å². The molecule has 5 rings (SSSR count). The highest BCUT2D eigenvalue weighted by Crippen LogP contribution is 2.33. The first-order chi connectivity index (χ1) is 14.2. The van der Waals surface area contributed by atoms with Crippen molar-refractivity contribution in [1.29, 1.82) is 0 Å². The minimum absolute atomic E-state index is 0.0138. The molecule has 0 aliphatic heterocycles. The van der Waals surface area contributed by atoms with Crippen LogP contribution in [0.5, 0.6) is 0 Å². The van der Waals surface area contributed by atoms with Crippen LogP contribution >= 0.6 is 23.1 Å². The van der Waals surface area contributed by atoms with E-state index in [1.165, 1.54) is 28.6 Å². The molecule has 0 atom stereocenters. The van der Waals surface area contributed by atoms with Crippen LogP contribution in [0.1, 0.15) is 34.8 Å². The van der Waals surface area contributed by atoms with Crippen LogP contribution in [0.25, 0.3) is 21.5 Å². The molecular formula is C22H20N4OS2. The molecule has 0 saturated heterocycles. The van der Waals surface area contributed by atoms with Crippen LogP contribution in [0.15, 0.2) is 46.3 Å². The van der Waals surface area contributed by atoms with Crippen molar-refractivity contribution in [2.75, 3.05) is 0 Å². The second-order valence-corrected chi connectivity index (χ2v) is 9.26. The zero-order valence-corrected chi connectivity index (χ0v) is 17.7. The maximum absolute atomic E-state index is 12.7. The molecule has 1 aromatic carbocycles. The molecule has 7 heteroatoms. The minimum atomic E-state index is -0.0138. The Balaban J connectivity index is 1.42. The number of rotatable bonds is 4. The molecule has 1 N–H and O–H groups in total. The van der Waals surface area contributed by atoms with Crippen LogP contribution in [0, 0.1) is 6.92 Å². The van der Waals surface area contributed by atoms with Crippen LogP contribution in [-0.4, -0.2) is 19.9 Å². The lowest BCUT2D eigenvalue weighted by atomic mass is 9.97. The van der Waals surface area contributed by atoms with Gasteiger partial charge in [-0.15, -0.1) is 11.3 Å². The summed E-state index contributed by atoms with van der Waals surface area (Å²) >= 11 is 3.18. The average molecular weight is 421 g/mol. The molecular weight excluding hydrogens is 400 g/mol. The van der Waals surface area contributed by atoms with Gasteiger partial charge in [-0.3, -0.25) is 4.79 Å². The van der Waals surface area contributed by atoms with Crippen molar-refractivity contribution >= 4 is 33.3 Å². The third-order valence-electron chi connectivity index (χ3n) is 5.12. The van der Waals surface area contributed by atoms with Gasteiger partial charge < -0.3 is 4.98 Å². The highest BCUT2D eigenvalue weighted by Gasteiger charge is 2.19. The molecule has 0 fully saturated rings. The standard InChI is InChI=1S/C22H20N4OS2/c1-13-11-16(14-7-3-2-4-8-14)24-22(23-13)28-12-18-25-20(27)19-15-9-5-6-10-17(15)29-21(19)26-18/h2-4,7-8,11H,5-6,9-10,12H2,1H3,(H,25,26,27). The summed E-state index contributed by atoms with van der Waals surface area (Å²) in [6.45, 7) is 1.97. The van der Waals surface area contributed by atoms with Crippen LogP contribution < -0.4 is 5.56 Å². The monoisotopic (exact) mass is 420 g/mol. The third-order valence-corrected chi connectivity index (χ3v) is 7.16. The van der Waals surface area contributed by atoms with Crippen LogP contribution in [-0.2, 0) is 18.6 Å². The molecule has 1 aliphatic carbocycles. The summed E-state index contributed by atoms with van der Waals surface area (Å²) in [4.78, 5) is 31.9. The van der Waals surface area contributed by atoms with E-state index < -0.39 is 0 Å². The fraction of sp³-hybridized carbons (Fsp3) is 0.273. The van der Waals surface area contributed by atoms with Gasteiger partial charge in [0, 0.05) is 16.1 Å². The molecule has 3 heterocycles. The van der Waals surface area contributed by atoms with Gasteiger partial charge in [-0.1, -0.05) is 42.1 Å². The van der Waals surface area contributed by atoms with E-state index in [2.05, 4.69) is 9.97 Å². The number of nitrogens with one attached hydrogen (secondary N) is 1. The molecule has 0 unspecified atom stereocenters. The molecule has 0 saturated carbocycles. The van der Waals surface area contributed by atoms with Gasteiger partial charge in [0.15, 0.2) is 5.16 Å². The van der Waals surface area contributed by atoms with E-state index in [4.69, 9.17) is 9.97 Å². The Morgan fingerprint density at radius 2 is 1.93 bits per heavy atom. The Morgan fingerprint density at radius 3 is 2.79 bits per heavy atom. The number of H-pyrrole nitrogens is 1. The maximum atomic E-state index is 12.7. The Kier molecular flexibility index (Phi) is 4.93. The van der Waals surface area contributed by atoms with Crippen molar-refractivity contribution in [3.05, 3.63) is 68.7 Å². The smallest absolute Gasteiger partial charge is 0.259 e. The van der Waals surface area contributed by atoms with Gasteiger partial charge in [-0.05, 0) is 44.2 Å². The molecule has 146 valence electrons. The van der Waals surface area contributed by atoms with E-state index in [0.717, 1.165) is 46.4 Å². The van der Waals surface area contributed by atoms with Crippen molar-refractivity contribution in [3.8, 4) is 11.3 Å². The highest BCUT2D eigenvalue weighted by atomic mass is 32.2. The predicted molar refractivity (Wildman–Crippen MR) is 119 cm³/mol. The number of aromatic nitrogens is 4. The number of hydrogen-bond donors (Lipinski definition) is 1. The van der Waals surface area contributed by atoms with Crippen molar-refractivity contribution in [1.82, 2.24) is 19.9 Å². The number of nitrogens with zero attached hydrogens (tertiary/aromatic N) is 3. The maximum Gasteiger partial charge on any atom is 0.259 e. The molecule has 0 spiro atoms. The molecule has 0 amide bonds. The number of thioether (sulfide) groups is 1. The first-order valence-electron chi connectivity index (χ1n) is 9.75. The molecule has 0 bridgehead atoms. The van der Waals surface area contributed by atoms with Gasteiger partial charge in [-0.25, -0.2) is 15.0 Å². The van der Waals surface area contributed by atoms with Gasteiger partial charge in [0.05, 0.1) is 16.8 Å². The number of aryl methyl sites for hydroxylation is 3. The average Bonchev–Trinajstić information content (AvgIpc) is 3.11. The van der Waals surface area contributed by atoms with Crippen molar-refractivity contribution in [3.63, 3.8) is 0 Å². The predicted octanol–water partition coefficient (Wildman–Crippen LogP) is 4.92. The first kappa shape index (κ1) is 18.5. The summed E-state index contributed by atoms with van der Waals surface area (Å²) in [5.74, 6) is 1.21. The number of thiophene rings is 1. The largest absolute Gasteiger partial charge is 0.309 e. The SMILES string of the molecule is Cc1cc(-c2ccccc2)nc(SCc2nc3sc4c(c3c(=O)[nH]2)CCCC4)n1. The van der Waals surface area contributed by atoms with Crippen molar-refractivity contribution in [2.45, 2.75) is 43.5 Å². The molecule has 1 aliphatic rings. The third kappa shape index (κ3) is 3.72. The van der Waals surface area contributed by atoms with Gasteiger partial charge >= 0.3 is 0 Å². The number of benzene rings is 1. The second kappa shape index (κ2) is 7.72. The number of hydrogen-bond acceptors (Lipinski definition) is 6. The Morgan fingerprint density at radius 1 is 1.10 bits per heavy atom. The highest BCUT2D eigenvalue weighted by molar-refractivity contribution is 7.98. The van der Waals surface area contributed by atoms with E-state index in [9.17, 15) is 4.79 Å². The fourth-order valence-corrected chi connectivity index (χ4v) is 5.83. The van der Waals surface area contributed by atoms with E-state index in [1.807, 2.05) is 43.3 Å². The molecule has 29 heavy (non-hydrogen) atoms. The number of fused-ring (bicyclic) bond motifs is 3. The fourth-order valence-electron chi connectivity index (χ4n) is 3.77. The second-order valence-electron chi connectivity index (χ2n) is 7.24. The Bertz CT molecular complexity index is 1250. The van der Waals surface area contributed by atoms with E-state index in [1.54, 1.807) is 11.3 Å². The lowest BCUT2D eigenvalue weighted by Gasteiger charge is -2.09. The first-order valence-corrected chi connectivity index (χ1v) is 11.5. The molecule has 3 aromatic heterocycles. The van der Waals surface area contributed by atoms with Crippen molar-refractivity contribution < 1.29 is 0 Å². The van der Waals surface area contributed by atoms with Gasteiger partial charge in [0.2, 0.25) is 0 Å². The van der Waals surface area contributed by atoms with Crippen molar-refractivity contribution in [2.24, 2.45) is 0 Å². The normalized spacial score (nSPS) is 13.6. The van der Waals surface area contributed by atoms with Gasteiger partial charge in [0.25, 0.3) is 5.56 Å². The van der Waals surface area contributed by atoms with E-state index in [0.29, 0.717) is 16.7 Å². The summed E-state index contributed by atoms with van der Waals surface area (Å²) in [5.41, 5.74) is 4.10. The van der Waals surface area contributed by atoms with E-state index in [-0.39, 0.29) is 5.56 Å². The summed E-state index contributed by atoms with van der Waals surface area (Å²) in [7, 11) is 0. The van der Waals surface area contributed by atoms with Gasteiger partial charge in [0.1, 0.15) is 10.7 Å². The molecule has 5 nitrogen and oxygen atoms in total. The molecule has 4 aromatic rings. The minimum Gasteiger partial charge on any atom is -0.309 e. The molecule has 0 radical (unpaired) electrons. The Hall–Kier alpha value is -2.51. The lowest BCUT2D eigenvalue weighted by Crippen LogP contribution is -2.12. The van der Waals surface area contributed by atoms with E-state index >= 15 is 0 Å². The summed E-state index contributed by atoms with van der Waals surface area (Å²) in [6.07, 6.45) is 4.42. The summed E-state index contributed by atoms with van der Waals surface area (Å²) in [6, 6.07) is 12.1. The topological polar surface area (TPSA) is 71.5 Å². The zero-order chi connectivity index (χ0) is 19.8. The summed E-state index contributed by atoms with van der Waals surface area (Å²) in [5, 5.41) is 1.49.